The predicted molar refractivity (Wildman–Crippen MR) is 198 cm³/mol. The van der Waals surface area contributed by atoms with Crippen LogP contribution in [0.5, 0.6) is 6.01 Å². The second kappa shape index (κ2) is 15.5. The Bertz CT molecular complexity index is 1950. The van der Waals surface area contributed by atoms with Crippen molar-refractivity contribution in [2.24, 2.45) is 0 Å². The van der Waals surface area contributed by atoms with Crippen LogP contribution in [0.25, 0.3) is 0 Å². The number of carbonyl (C=O) groups excluding carboxylic acids is 1. The van der Waals surface area contributed by atoms with Gasteiger partial charge in [0.05, 0.1) is 54.0 Å². The highest BCUT2D eigenvalue weighted by atomic mass is 35.5. The topological polar surface area (TPSA) is 127 Å². The number of rotatable bonds is 4. The van der Waals surface area contributed by atoms with Gasteiger partial charge in [-0.25, -0.2) is 8.78 Å². The fourth-order valence-electron chi connectivity index (χ4n) is 9.34. The summed E-state index contributed by atoms with van der Waals surface area (Å²) in [4.78, 5) is 28.8. The molecule has 4 fully saturated rings. The number of fused-ring (bicyclic) bond motifs is 3. The van der Waals surface area contributed by atoms with Crippen LogP contribution in [0, 0.1) is 5.82 Å². The van der Waals surface area contributed by atoms with Crippen LogP contribution in [0.2, 0.25) is 5.02 Å². The molecule has 4 atom stereocenters. The van der Waals surface area contributed by atoms with Gasteiger partial charge in [-0.05, 0) is 70.2 Å². The Balaban J connectivity index is 0.000000427. The summed E-state index contributed by atoms with van der Waals surface area (Å²) in [5.41, 5.74) is 5.17. The monoisotopic (exact) mass is 807 g/mol. The first-order valence-electron chi connectivity index (χ1n) is 19.5. The molecule has 0 radical (unpaired) electrons. The van der Waals surface area contributed by atoms with Crippen LogP contribution in [-0.4, -0.2) is 99.6 Å². The number of nitrogens with two attached hydrogens (primary N) is 1. The summed E-state index contributed by atoms with van der Waals surface area (Å²) in [5, 5.41) is 8.55. The summed E-state index contributed by atoms with van der Waals surface area (Å²) in [6.45, 7) is 5.18. The number of ether oxygens (including phenoxy) is 2. The van der Waals surface area contributed by atoms with Crippen molar-refractivity contribution in [3.8, 4) is 6.01 Å². The van der Waals surface area contributed by atoms with Gasteiger partial charge in [0.1, 0.15) is 12.0 Å². The molecule has 4 saturated heterocycles. The van der Waals surface area contributed by atoms with E-state index in [1.807, 2.05) is 9.80 Å². The van der Waals surface area contributed by atoms with Gasteiger partial charge in [0.25, 0.3) is 5.91 Å². The molecule has 1 spiro atoms. The van der Waals surface area contributed by atoms with E-state index in [-0.39, 0.29) is 47.7 Å². The highest BCUT2D eigenvalue weighted by molar-refractivity contribution is 6.34. The van der Waals surface area contributed by atoms with Crippen LogP contribution < -0.4 is 20.7 Å². The number of nitrogens with zero attached hydrogens (tertiary/aromatic N) is 7. The van der Waals surface area contributed by atoms with E-state index in [0.29, 0.717) is 68.0 Å². The van der Waals surface area contributed by atoms with Crippen LogP contribution in [0.3, 0.4) is 0 Å². The molecule has 304 valence electrons. The van der Waals surface area contributed by atoms with Gasteiger partial charge in [-0.3, -0.25) is 14.4 Å². The number of amides is 1. The number of halogens is 6. The van der Waals surface area contributed by atoms with Crippen molar-refractivity contribution in [1.82, 2.24) is 34.9 Å². The minimum Gasteiger partial charge on any atom is -0.467 e. The van der Waals surface area contributed by atoms with Crippen LogP contribution in [0.4, 0.5) is 33.5 Å². The van der Waals surface area contributed by atoms with E-state index >= 15 is 4.39 Å². The molecule has 1 amide bonds. The molecule has 0 aliphatic carbocycles. The van der Waals surface area contributed by atoms with Gasteiger partial charge in [0.15, 0.2) is 11.5 Å². The molecule has 3 N–H and O–H groups in total. The lowest BCUT2D eigenvalue weighted by molar-refractivity contribution is -0.140. The van der Waals surface area contributed by atoms with E-state index in [4.69, 9.17) is 26.8 Å². The highest BCUT2D eigenvalue weighted by Gasteiger charge is 2.43. The molecule has 2 aromatic heterocycles. The SMILES string of the molecule is COc1nc2c(c(N3CCCn4nc(C(=O)N5CCC6(CCCCN6)C5)c(Cl)c4C3)n1)COC(c1c(C(F)(F)F)ccc(N)c1F)C2.FC1CC2CCCN2C1. The fraction of sp³-hybridized carbons (Fsp3) is 0.632. The van der Waals surface area contributed by atoms with Gasteiger partial charge in [0.2, 0.25) is 0 Å². The molecule has 12 nitrogen and oxygen atoms in total. The van der Waals surface area contributed by atoms with Crippen molar-refractivity contribution in [2.45, 2.75) is 108 Å². The summed E-state index contributed by atoms with van der Waals surface area (Å²) in [7, 11) is 1.39. The Morgan fingerprint density at radius 3 is 2.70 bits per heavy atom. The number of benzene rings is 1. The minimum atomic E-state index is -4.82. The Morgan fingerprint density at radius 1 is 1.11 bits per heavy atom. The number of piperidine rings is 1. The molecule has 4 unspecified atom stereocenters. The van der Waals surface area contributed by atoms with Crippen molar-refractivity contribution < 1.29 is 36.2 Å². The van der Waals surface area contributed by atoms with Crippen molar-refractivity contribution in [3.05, 3.63) is 56.7 Å². The maximum Gasteiger partial charge on any atom is 0.416 e. The summed E-state index contributed by atoms with van der Waals surface area (Å²) >= 11 is 6.89. The van der Waals surface area contributed by atoms with E-state index in [2.05, 4.69) is 25.3 Å². The molecule has 9 rings (SSSR count). The van der Waals surface area contributed by atoms with Crippen molar-refractivity contribution >= 4 is 29.0 Å². The quantitative estimate of drug-likeness (QED) is 0.245. The summed E-state index contributed by atoms with van der Waals surface area (Å²) in [6, 6.07) is 2.27. The fourth-order valence-corrected chi connectivity index (χ4v) is 9.62. The zero-order valence-electron chi connectivity index (χ0n) is 31.3. The van der Waals surface area contributed by atoms with E-state index in [1.54, 1.807) is 4.68 Å². The predicted octanol–water partition coefficient (Wildman–Crippen LogP) is 5.85. The van der Waals surface area contributed by atoms with E-state index < -0.39 is 41.1 Å². The number of carbonyl (C=O) groups is 1. The van der Waals surface area contributed by atoms with Gasteiger partial charge in [-0.15, -0.1) is 0 Å². The first kappa shape index (κ1) is 39.0. The molecular formula is C38H47ClF5N9O3. The second-order valence-electron chi connectivity index (χ2n) is 15.8. The van der Waals surface area contributed by atoms with E-state index in [1.165, 1.54) is 20.0 Å². The van der Waals surface area contributed by atoms with Crippen molar-refractivity contribution in [3.63, 3.8) is 0 Å². The van der Waals surface area contributed by atoms with E-state index in [9.17, 15) is 22.4 Å². The molecule has 0 bridgehead atoms. The van der Waals surface area contributed by atoms with Crippen LogP contribution in [0.15, 0.2) is 12.1 Å². The Labute approximate surface area is 326 Å². The lowest BCUT2D eigenvalue weighted by atomic mass is 9.88. The van der Waals surface area contributed by atoms with Gasteiger partial charge >= 0.3 is 12.2 Å². The van der Waals surface area contributed by atoms with Gasteiger partial charge in [-0.2, -0.15) is 28.2 Å². The first-order valence-corrected chi connectivity index (χ1v) is 19.8. The zero-order valence-corrected chi connectivity index (χ0v) is 32.1. The third-order valence-corrected chi connectivity index (χ3v) is 12.6. The summed E-state index contributed by atoms with van der Waals surface area (Å²) in [6.07, 6.45) is 1.38. The standard InChI is InChI=1S/C31H35ClF4N8O3.C7H12FN/c1-46-29-39-20-13-22(23-18(31(34,35)36)5-6-19(37)25(23)33)47-15-17(20)27(40-29)42-10-4-11-44-21(14-42)24(32)26(41-44)28(45)43-12-8-30(16-43)7-2-3-9-38-30;8-6-4-7-2-1-3-9(7)5-6/h5-6,22,38H,2-4,7-16,37H2,1H3;6-7H,1-5H2. The van der Waals surface area contributed by atoms with Crippen LogP contribution >= 0.6 is 11.6 Å². The number of anilines is 2. The molecule has 56 heavy (non-hydrogen) atoms. The Kier molecular flexibility index (Phi) is 10.8. The summed E-state index contributed by atoms with van der Waals surface area (Å²) < 4.78 is 82.4. The lowest BCUT2D eigenvalue weighted by Gasteiger charge is -2.34. The first-order chi connectivity index (χ1) is 26.8. The molecule has 3 aromatic rings. The zero-order chi connectivity index (χ0) is 39.4. The number of nitrogens with one attached hydrogen (secondary N) is 1. The third-order valence-electron chi connectivity index (χ3n) is 12.2. The molecule has 0 saturated carbocycles. The van der Waals surface area contributed by atoms with Crippen LogP contribution in [0.1, 0.15) is 96.0 Å². The average Bonchev–Trinajstić information content (AvgIpc) is 3.92. The highest BCUT2D eigenvalue weighted by Crippen LogP contribution is 2.43. The number of likely N-dealkylation sites (tertiary alicyclic amines) is 1. The third kappa shape index (κ3) is 7.51. The van der Waals surface area contributed by atoms with Crippen molar-refractivity contribution in [1.29, 1.82) is 0 Å². The normalized spacial score (nSPS) is 26.4. The maximum atomic E-state index is 15.1. The minimum absolute atomic E-state index is 0.00231. The smallest absolute Gasteiger partial charge is 0.416 e. The number of alkyl halides is 4. The number of hydrogen-bond donors (Lipinski definition) is 2. The van der Waals surface area contributed by atoms with Crippen molar-refractivity contribution in [2.75, 3.05) is 57.0 Å². The van der Waals surface area contributed by atoms with Gasteiger partial charge < -0.3 is 30.3 Å². The number of hydrogen-bond acceptors (Lipinski definition) is 10. The molecule has 18 heteroatoms. The largest absolute Gasteiger partial charge is 0.467 e. The molecule has 8 heterocycles. The number of aryl methyl sites for hydroxylation is 1. The lowest BCUT2D eigenvalue weighted by Crippen LogP contribution is -2.50. The number of aromatic nitrogens is 4. The van der Waals surface area contributed by atoms with Gasteiger partial charge in [-0.1, -0.05) is 18.0 Å². The van der Waals surface area contributed by atoms with Gasteiger partial charge in [0, 0.05) is 61.9 Å². The molecule has 6 aliphatic rings. The van der Waals surface area contributed by atoms with E-state index in [0.717, 1.165) is 57.3 Å². The second-order valence-corrected chi connectivity index (χ2v) is 16.1. The number of methoxy groups -OCH3 is 1. The Morgan fingerprint density at radius 2 is 1.95 bits per heavy atom. The molecule has 6 aliphatic heterocycles. The molecule has 1 aromatic carbocycles. The number of nitrogen functional groups attached to an aromatic ring is 1. The average molecular weight is 808 g/mol. The maximum absolute atomic E-state index is 15.1. The molecular weight excluding hydrogens is 761 g/mol. The Hall–Kier alpha value is -3.80. The summed E-state index contributed by atoms with van der Waals surface area (Å²) in [5.74, 6) is -0.911. The van der Waals surface area contributed by atoms with Crippen LogP contribution in [-0.2, 0) is 37.0 Å².